The van der Waals surface area contributed by atoms with Gasteiger partial charge in [0.25, 0.3) is 5.91 Å². The second-order valence-corrected chi connectivity index (χ2v) is 7.81. The highest BCUT2D eigenvalue weighted by molar-refractivity contribution is 7.89. The molecule has 26 heavy (non-hydrogen) atoms. The van der Waals surface area contributed by atoms with Gasteiger partial charge >= 0.3 is 0 Å². The Hall–Kier alpha value is -2.71. The molecule has 0 radical (unpaired) electrons. The van der Waals surface area contributed by atoms with Crippen LogP contribution in [-0.4, -0.2) is 26.3 Å². The van der Waals surface area contributed by atoms with E-state index in [1.54, 1.807) is 39.0 Å². The van der Waals surface area contributed by atoms with Gasteiger partial charge in [-0.05, 0) is 56.7 Å². The third-order valence-electron chi connectivity index (χ3n) is 3.64. The van der Waals surface area contributed by atoms with Crippen molar-refractivity contribution in [2.75, 3.05) is 5.32 Å². The molecule has 0 saturated heterocycles. The molecule has 0 spiro atoms. The van der Waals surface area contributed by atoms with Gasteiger partial charge in [0.1, 0.15) is 0 Å². The first-order valence-electron chi connectivity index (χ1n) is 7.95. The van der Waals surface area contributed by atoms with Gasteiger partial charge in [-0.15, -0.1) is 0 Å². The predicted molar refractivity (Wildman–Crippen MR) is 99.5 cm³/mol. The average molecular weight is 375 g/mol. The molecule has 0 unspecified atom stereocenters. The zero-order valence-corrected chi connectivity index (χ0v) is 15.6. The normalized spacial score (nSPS) is 11.4. The number of hydrogen-bond donors (Lipinski definition) is 3. The number of nitrogens with two attached hydrogens (primary N) is 1. The standard InChI is InChI=1S/C18H21N3O4S/c1-11(2)21-26(24,25)14-7-4-6-13(10-14)18(23)20-16-9-5-8-15(12(16)3)17(19)22/h4-11,21H,1-3H3,(H2,19,22)(H,20,23). The molecule has 4 N–H and O–H groups in total. The Morgan fingerprint density at radius 1 is 1.08 bits per heavy atom. The largest absolute Gasteiger partial charge is 0.366 e. The van der Waals surface area contributed by atoms with E-state index in [1.807, 2.05) is 0 Å². The summed E-state index contributed by atoms with van der Waals surface area (Å²) in [6, 6.07) is 10.3. The first-order valence-corrected chi connectivity index (χ1v) is 9.43. The molecule has 7 nitrogen and oxygen atoms in total. The predicted octanol–water partition coefficient (Wildman–Crippen LogP) is 2.03. The quantitative estimate of drug-likeness (QED) is 0.716. The highest BCUT2D eigenvalue weighted by Crippen LogP contribution is 2.20. The number of carbonyl (C=O) groups excluding carboxylic acids is 2. The second-order valence-electron chi connectivity index (χ2n) is 6.10. The van der Waals surface area contributed by atoms with Crippen molar-refractivity contribution in [2.45, 2.75) is 31.7 Å². The first-order chi connectivity index (χ1) is 12.1. The van der Waals surface area contributed by atoms with Crippen molar-refractivity contribution < 1.29 is 18.0 Å². The number of nitrogens with one attached hydrogen (secondary N) is 2. The van der Waals surface area contributed by atoms with Crippen molar-refractivity contribution in [3.8, 4) is 0 Å². The van der Waals surface area contributed by atoms with E-state index in [0.29, 0.717) is 16.8 Å². The molecular weight excluding hydrogens is 354 g/mol. The van der Waals surface area contributed by atoms with Crippen molar-refractivity contribution in [2.24, 2.45) is 5.73 Å². The number of anilines is 1. The van der Waals surface area contributed by atoms with Crippen LogP contribution in [0.5, 0.6) is 0 Å². The van der Waals surface area contributed by atoms with Crippen LogP contribution in [0.1, 0.15) is 40.1 Å². The smallest absolute Gasteiger partial charge is 0.255 e. The molecule has 0 fully saturated rings. The highest BCUT2D eigenvalue weighted by Gasteiger charge is 2.18. The van der Waals surface area contributed by atoms with E-state index in [4.69, 9.17) is 5.73 Å². The Balaban J connectivity index is 2.31. The number of primary amides is 1. The van der Waals surface area contributed by atoms with Crippen LogP contribution in [0.15, 0.2) is 47.4 Å². The Morgan fingerprint density at radius 2 is 1.73 bits per heavy atom. The molecule has 0 bridgehead atoms. The molecule has 8 heteroatoms. The minimum atomic E-state index is -3.71. The van der Waals surface area contributed by atoms with Gasteiger partial charge in [0.2, 0.25) is 15.9 Å². The lowest BCUT2D eigenvalue weighted by molar-refractivity contribution is 0.0995. The summed E-state index contributed by atoms with van der Waals surface area (Å²) >= 11 is 0. The van der Waals surface area contributed by atoms with Crippen LogP contribution in [0.2, 0.25) is 0 Å². The summed E-state index contributed by atoms with van der Waals surface area (Å²) in [5.41, 5.74) is 6.77. The maximum atomic E-state index is 12.5. The molecule has 2 amide bonds. The topological polar surface area (TPSA) is 118 Å². The molecule has 0 atom stereocenters. The Kier molecular flexibility index (Phi) is 5.79. The van der Waals surface area contributed by atoms with Crippen LogP contribution in [0.25, 0.3) is 0 Å². The van der Waals surface area contributed by atoms with Crippen LogP contribution in [0.4, 0.5) is 5.69 Å². The van der Waals surface area contributed by atoms with E-state index >= 15 is 0 Å². The van der Waals surface area contributed by atoms with E-state index in [1.165, 1.54) is 24.3 Å². The van der Waals surface area contributed by atoms with Crippen molar-refractivity contribution in [3.63, 3.8) is 0 Å². The lowest BCUT2D eigenvalue weighted by atomic mass is 10.1. The zero-order chi connectivity index (χ0) is 19.5. The summed E-state index contributed by atoms with van der Waals surface area (Å²) in [4.78, 5) is 23.9. The van der Waals surface area contributed by atoms with Gasteiger partial charge in [-0.1, -0.05) is 12.1 Å². The molecule has 0 saturated carbocycles. The lowest BCUT2D eigenvalue weighted by Gasteiger charge is -2.12. The molecule has 2 aromatic carbocycles. The van der Waals surface area contributed by atoms with Crippen LogP contribution in [-0.2, 0) is 10.0 Å². The van der Waals surface area contributed by atoms with Gasteiger partial charge in [0.15, 0.2) is 0 Å². The Labute approximate surface area is 152 Å². The Morgan fingerprint density at radius 3 is 2.35 bits per heavy atom. The summed E-state index contributed by atoms with van der Waals surface area (Å²) in [6.45, 7) is 5.09. The monoisotopic (exact) mass is 375 g/mol. The third-order valence-corrected chi connectivity index (χ3v) is 5.30. The lowest BCUT2D eigenvalue weighted by Crippen LogP contribution is -2.30. The average Bonchev–Trinajstić information content (AvgIpc) is 2.55. The fourth-order valence-electron chi connectivity index (χ4n) is 2.42. The molecule has 2 rings (SSSR count). The van der Waals surface area contributed by atoms with Gasteiger partial charge in [0.05, 0.1) is 4.90 Å². The van der Waals surface area contributed by atoms with Crippen molar-refractivity contribution in [1.29, 1.82) is 0 Å². The SMILES string of the molecule is Cc1c(NC(=O)c2cccc(S(=O)(=O)NC(C)C)c2)cccc1C(N)=O. The fourth-order valence-corrected chi connectivity index (χ4v) is 3.71. The minimum absolute atomic E-state index is 0.00135. The maximum absolute atomic E-state index is 12.5. The van der Waals surface area contributed by atoms with Crippen LogP contribution >= 0.6 is 0 Å². The number of carbonyl (C=O) groups is 2. The van der Waals surface area contributed by atoms with Gasteiger partial charge < -0.3 is 11.1 Å². The number of hydrogen-bond acceptors (Lipinski definition) is 4. The highest BCUT2D eigenvalue weighted by atomic mass is 32.2. The number of amides is 2. The van der Waals surface area contributed by atoms with E-state index in [0.717, 1.165) is 0 Å². The summed E-state index contributed by atoms with van der Waals surface area (Å²) in [7, 11) is -3.71. The number of rotatable bonds is 6. The summed E-state index contributed by atoms with van der Waals surface area (Å²) < 4.78 is 27.0. The molecule has 2 aromatic rings. The van der Waals surface area contributed by atoms with Crippen LogP contribution < -0.4 is 15.8 Å². The third kappa shape index (κ3) is 4.47. The molecular formula is C18H21N3O4S. The van der Waals surface area contributed by atoms with Gasteiger partial charge in [-0.2, -0.15) is 0 Å². The Bertz CT molecular complexity index is 953. The van der Waals surface area contributed by atoms with Crippen molar-refractivity contribution >= 4 is 27.5 Å². The summed E-state index contributed by atoms with van der Waals surface area (Å²) in [5, 5.41) is 2.68. The molecule has 138 valence electrons. The van der Waals surface area contributed by atoms with Gasteiger partial charge in [0, 0.05) is 22.9 Å². The molecule has 0 aliphatic heterocycles. The number of sulfonamides is 1. The maximum Gasteiger partial charge on any atom is 0.255 e. The minimum Gasteiger partial charge on any atom is -0.366 e. The zero-order valence-electron chi connectivity index (χ0n) is 14.7. The number of benzene rings is 2. The molecule has 0 heterocycles. The van der Waals surface area contributed by atoms with E-state index in [9.17, 15) is 18.0 Å². The second kappa shape index (κ2) is 7.67. The van der Waals surface area contributed by atoms with Crippen LogP contribution in [0.3, 0.4) is 0 Å². The van der Waals surface area contributed by atoms with Crippen molar-refractivity contribution in [3.05, 3.63) is 59.2 Å². The summed E-state index contributed by atoms with van der Waals surface area (Å²) in [6.07, 6.45) is 0. The summed E-state index contributed by atoms with van der Waals surface area (Å²) in [5.74, 6) is -1.08. The molecule has 0 aromatic heterocycles. The van der Waals surface area contributed by atoms with E-state index in [2.05, 4.69) is 10.0 Å². The fraction of sp³-hybridized carbons (Fsp3) is 0.222. The van der Waals surface area contributed by atoms with Crippen molar-refractivity contribution in [1.82, 2.24) is 4.72 Å². The van der Waals surface area contributed by atoms with Crippen LogP contribution in [0, 0.1) is 6.92 Å². The van der Waals surface area contributed by atoms with E-state index < -0.39 is 21.8 Å². The molecule has 0 aliphatic rings. The first kappa shape index (κ1) is 19.6. The molecule has 0 aliphatic carbocycles. The van der Waals surface area contributed by atoms with Gasteiger partial charge in [-0.25, -0.2) is 13.1 Å². The van der Waals surface area contributed by atoms with E-state index in [-0.39, 0.29) is 16.5 Å². The van der Waals surface area contributed by atoms with Gasteiger partial charge in [-0.3, -0.25) is 9.59 Å².